The Morgan fingerprint density at radius 3 is 3.00 bits per heavy atom. The molecule has 0 radical (unpaired) electrons. The number of halogens is 1. The number of carboxylic acids is 1. The van der Waals surface area contributed by atoms with Crippen LogP contribution in [0, 0.1) is 5.82 Å². The summed E-state index contributed by atoms with van der Waals surface area (Å²) in [5, 5.41) is 20.1. The molecule has 1 aromatic carbocycles. The van der Waals surface area contributed by atoms with E-state index in [1.54, 1.807) is 35.8 Å². The molecule has 8 heteroatoms. The van der Waals surface area contributed by atoms with Gasteiger partial charge in [-0.05, 0) is 30.9 Å². The molecule has 2 aliphatic rings. The van der Waals surface area contributed by atoms with Crippen molar-refractivity contribution in [3.63, 3.8) is 0 Å². The maximum Gasteiger partial charge on any atom is 0.321 e. The Bertz CT molecular complexity index is 683. The van der Waals surface area contributed by atoms with Crippen LogP contribution in [0.2, 0.25) is 0 Å². The zero-order valence-corrected chi connectivity index (χ0v) is 14.2. The Kier molecular flexibility index (Phi) is 4.57. The van der Waals surface area contributed by atoms with E-state index >= 15 is 0 Å². The number of rotatable bonds is 5. The number of phenols is 1. The highest BCUT2D eigenvalue weighted by Crippen LogP contribution is 2.38. The van der Waals surface area contributed by atoms with Crippen LogP contribution in [0.4, 0.5) is 4.39 Å². The van der Waals surface area contributed by atoms with Crippen LogP contribution in [-0.4, -0.2) is 67.5 Å². The van der Waals surface area contributed by atoms with Crippen LogP contribution in [-0.2, 0) is 4.79 Å². The predicted octanol–water partition coefficient (Wildman–Crippen LogP) is 1.45. The number of carbonyl (C=O) groups is 1. The van der Waals surface area contributed by atoms with E-state index in [9.17, 15) is 19.4 Å². The molecule has 2 N–H and O–H groups in total. The van der Waals surface area contributed by atoms with Gasteiger partial charge in [-0.2, -0.15) is 12.6 Å². The normalized spacial score (nSPS) is 24.5. The largest absolute Gasteiger partial charge is 0.504 e. The van der Waals surface area contributed by atoms with Crippen molar-refractivity contribution in [2.75, 3.05) is 18.6 Å². The molecule has 0 bridgehead atoms. The second-order valence-electron chi connectivity index (χ2n) is 5.73. The van der Waals surface area contributed by atoms with Crippen LogP contribution in [0.15, 0.2) is 18.2 Å². The highest BCUT2D eigenvalue weighted by atomic mass is 32.2. The first-order chi connectivity index (χ1) is 11.0. The summed E-state index contributed by atoms with van der Waals surface area (Å²) in [4.78, 5) is 13.1. The quantitative estimate of drug-likeness (QED) is 0.550. The third kappa shape index (κ3) is 2.72. The van der Waals surface area contributed by atoms with Crippen LogP contribution >= 0.6 is 24.4 Å². The lowest BCUT2D eigenvalue weighted by molar-refractivity contribution is -0.677. The van der Waals surface area contributed by atoms with Crippen molar-refractivity contribution in [3.05, 3.63) is 29.6 Å². The first-order valence-electron chi connectivity index (χ1n) is 7.27. The topological polar surface area (TPSA) is 63.8 Å². The van der Waals surface area contributed by atoms with Crippen LogP contribution in [0.3, 0.4) is 0 Å². The molecular weight excluding hydrogens is 339 g/mol. The van der Waals surface area contributed by atoms with Gasteiger partial charge < -0.3 is 10.2 Å². The minimum atomic E-state index is -0.909. The number of hydrogen-bond acceptors (Lipinski definition) is 5. The molecule has 1 saturated heterocycles. The Labute approximate surface area is 143 Å². The van der Waals surface area contributed by atoms with Gasteiger partial charge in [0.25, 0.3) is 0 Å². The van der Waals surface area contributed by atoms with Gasteiger partial charge in [-0.3, -0.25) is 4.79 Å². The number of aliphatic carboxylic acids is 1. The Hall–Kier alpha value is -1.25. The number of fused-ring (bicyclic) bond motifs is 1. The highest BCUT2D eigenvalue weighted by Gasteiger charge is 2.54. The zero-order valence-electron chi connectivity index (χ0n) is 12.5. The van der Waals surface area contributed by atoms with E-state index < -0.39 is 17.8 Å². The summed E-state index contributed by atoms with van der Waals surface area (Å²) >= 11 is 5.70. The lowest BCUT2D eigenvalue weighted by atomic mass is 10.00. The van der Waals surface area contributed by atoms with Crippen LogP contribution < -0.4 is 0 Å². The zero-order chi connectivity index (χ0) is 16.7. The van der Waals surface area contributed by atoms with Crippen molar-refractivity contribution < 1.29 is 24.0 Å². The average molecular weight is 357 g/mol. The fraction of sp³-hybridized carbons (Fsp3) is 0.467. The molecule has 0 spiro atoms. The molecule has 0 aromatic heterocycles. The summed E-state index contributed by atoms with van der Waals surface area (Å²) in [6.07, 6.45) is 0.765. The van der Waals surface area contributed by atoms with Gasteiger partial charge in [0.15, 0.2) is 17.6 Å². The molecule has 1 unspecified atom stereocenters. The second kappa shape index (κ2) is 6.33. The van der Waals surface area contributed by atoms with Crippen molar-refractivity contribution >= 4 is 35.4 Å². The summed E-state index contributed by atoms with van der Waals surface area (Å²) in [6.45, 7) is 0. The maximum atomic E-state index is 13.6. The summed E-state index contributed by atoms with van der Waals surface area (Å²) in [6, 6.07) is 4.08. The molecular formula is C15H18FN2O3S2+. The Morgan fingerprint density at radius 2 is 2.35 bits per heavy atom. The molecule has 1 fully saturated rings. The summed E-state index contributed by atoms with van der Waals surface area (Å²) < 4.78 is 15.7. The van der Waals surface area contributed by atoms with E-state index in [2.05, 4.69) is 17.2 Å². The maximum absolute atomic E-state index is 13.6. The number of likely N-dealkylation sites (N-methyl/N-ethyl adjacent to an activating group) is 1. The standard InChI is InChI=1S/C15H17FN2O3S2/c1-17(11(6-22)15(20)21)12-5-8-7-23-14(18(8)12)9-3-2-4-10(16)13(9)19/h2-4,8,11-12H,5-7H2,1H3,(H2,20,21,22)/p+1/t8-,11-,12?/m1/s1. The molecule has 1 aromatic rings. The van der Waals surface area contributed by atoms with Gasteiger partial charge in [-0.25, -0.2) is 13.9 Å². The first kappa shape index (κ1) is 16.6. The van der Waals surface area contributed by atoms with E-state index in [0.717, 1.165) is 17.2 Å². The van der Waals surface area contributed by atoms with Gasteiger partial charge in [0.05, 0.1) is 17.7 Å². The Morgan fingerprint density at radius 1 is 1.61 bits per heavy atom. The van der Waals surface area contributed by atoms with Crippen LogP contribution in [0.25, 0.3) is 0 Å². The van der Waals surface area contributed by atoms with Crippen LogP contribution in [0.5, 0.6) is 5.75 Å². The average Bonchev–Trinajstić information content (AvgIpc) is 2.79. The van der Waals surface area contributed by atoms with Crippen molar-refractivity contribution in [1.29, 1.82) is 0 Å². The molecule has 3 rings (SSSR count). The molecule has 124 valence electrons. The van der Waals surface area contributed by atoms with Crippen molar-refractivity contribution in [1.82, 2.24) is 4.90 Å². The molecule has 5 nitrogen and oxygen atoms in total. The molecule has 0 saturated carbocycles. The van der Waals surface area contributed by atoms with Gasteiger partial charge in [0.1, 0.15) is 6.04 Å². The number of aromatic hydroxyl groups is 1. The first-order valence-corrected chi connectivity index (χ1v) is 8.89. The molecule has 2 heterocycles. The highest BCUT2D eigenvalue weighted by molar-refractivity contribution is 8.14. The van der Waals surface area contributed by atoms with Crippen molar-refractivity contribution in [3.8, 4) is 5.75 Å². The fourth-order valence-corrected chi connectivity index (χ4v) is 4.93. The number of para-hydroxylation sites is 1. The molecule has 3 atom stereocenters. The van der Waals surface area contributed by atoms with E-state index in [-0.39, 0.29) is 17.7 Å². The molecule has 0 amide bonds. The number of benzene rings is 1. The SMILES string of the molecule is CN(C1C[C@@H]2CSC(c3cccc(F)c3O)=[N+]12)[C@H](CS)C(=O)O. The lowest BCUT2D eigenvalue weighted by Crippen LogP contribution is -2.61. The smallest absolute Gasteiger partial charge is 0.321 e. The third-order valence-electron chi connectivity index (χ3n) is 4.48. The minimum Gasteiger partial charge on any atom is -0.504 e. The van der Waals surface area contributed by atoms with Crippen molar-refractivity contribution in [2.24, 2.45) is 0 Å². The van der Waals surface area contributed by atoms with Crippen LogP contribution in [0.1, 0.15) is 12.0 Å². The van der Waals surface area contributed by atoms with E-state index in [0.29, 0.717) is 11.6 Å². The number of phenolic OH excluding ortho intramolecular Hbond substituents is 1. The number of carboxylic acid groups (broad SMARTS) is 1. The van der Waals surface area contributed by atoms with Crippen molar-refractivity contribution in [2.45, 2.75) is 24.7 Å². The minimum absolute atomic E-state index is 0.0825. The number of hydrogen-bond donors (Lipinski definition) is 3. The summed E-state index contributed by atoms with van der Waals surface area (Å²) in [5.74, 6) is -0.841. The predicted molar refractivity (Wildman–Crippen MR) is 90.1 cm³/mol. The summed E-state index contributed by atoms with van der Waals surface area (Å²) in [7, 11) is 1.77. The number of thioether (sulfide) groups is 1. The van der Waals surface area contributed by atoms with Gasteiger partial charge >= 0.3 is 5.97 Å². The van der Waals surface area contributed by atoms with E-state index in [1.807, 2.05) is 0 Å². The summed E-state index contributed by atoms with van der Waals surface area (Å²) in [5.41, 5.74) is 0.466. The van der Waals surface area contributed by atoms with E-state index in [4.69, 9.17) is 0 Å². The van der Waals surface area contributed by atoms with Gasteiger partial charge in [-0.1, -0.05) is 6.07 Å². The van der Waals surface area contributed by atoms with Gasteiger partial charge in [-0.15, -0.1) is 0 Å². The lowest BCUT2D eigenvalue weighted by Gasteiger charge is -2.37. The number of thiol groups is 1. The monoisotopic (exact) mass is 357 g/mol. The van der Waals surface area contributed by atoms with Gasteiger partial charge in [0.2, 0.25) is 11.2 Å². The second-order valence-corrected chi connectivity index (χ2v) is 7.11. The van der Waals surface area contributed by atoms with Gasteiger partial charge in [0, 0.05) is 5.75 Å². The third-order valence-corrected chi connectivity index (χ3v) is 6.08. The molecule has 0 aliphatic carbocycles. The van der Waals surface area contributed by atoms with E-state index in [1.165, 1.54) is 6.07 Å². The number of nitrogens with zero attached hydrogens (tertiary/aromatic N) is 2. The molecule has 23 heavy (non-hydrogen) atoms. The molecule has 2 aliphatic heterocycles. The fourth-order valence-electron chi connectivity index (χ4n) is 3.13. The Balaban J connectivity index is 1.95.